The Balaban J connectivity index is 0.00000364. The number of halogens is 1. The fourth-order valence-electron chi connectivity index (χ4n) is 3.52. The minimum Gasteiger partial charge on any atom is -0.357 e. The summed E-state index contributed by atoms with van der Waals surface area (Å²) in [6.07, 6.45) is 4.34. The van der Waals surface area contributed by atoms with Crippen LogP contribution in [0.15, 0.2) is 35.3 Å². The molecule has 27 heavy (non-hydrogen) atoms. The van der Waals surface area contributed by atoms with Crippen molar-refractivity contribution in [3.63, 3.8) is 0 Å². The van der Waals surface area contributed by atoms with Crippen LogP contribution in [0.3, 0.4) is 0 Å². The average Bonchev–Trinajstić information content (AvgIpc) is 2.66. The summed E-state index contributed by atoms with van der Waals surface area (Å²) in [4.78, 5) is 4.86. The third-order valence-electron chi connectivity index (χ3n) is 5.16. The van der Waals surface area contributed by atoms with Gasteiger partial charge in [0, 0.05) is 39.8 Å². The van der Waals surface area contributed by atoms with Crippen LogP contribution in [0.25, 0.3) is 0 Å². The van der Waals surface area contributed by atoms with Gasteiger partial charge in [0.1, 0.15) is 0 Å². The molecule has 0 aromatic heterocycles. The van der Waals surface area contributed by atoms with Gasteiger partial charge in [0.25, 0.3) is 0 Å². The van der Waals surface area contributed by atoms with Crippen LogP contribution >= 0.6 is 24.0 Å². The van der Waals surface area contributed by atoms with Gasteiger partial charge in [-0.1, -0.05) is 57.5 Å². The zero-order chi connectivity index (χ0) is 19.0. The van der Waals surface area contributed by atoms with Crippen molar-refractivity contribution in [1.82, 2.24) is 10.6 Å². The van der Waals surface area contributed by atoms with Crippen LogP contribution in [0.2, 0.25) is 0 Å². The normalized spacial score (nSPS) is 21.9. The lowest BCUT2D eigenvalue weighted by molar-refractivity contribution is 0.412. The fraction of sp³-hybridized carbons (Fsp3) is 0.667. The number of nitrogens with zero attached hydrogens (tertiary/aromatic N) is 1. The van der Waals surface area contributed by atoms with Gasteiger partial charge < -0.3 is 10.6 Å². The summed E-state index contributed by atoms with van der Waals surface area (Å²) in [5.74, 6) is 1.64. The minimum absolute atomic E-state index is 0. The highest BCUT2D eigenvalue weighted by molar-refractivity contribution is 14.0. The molecule has 4 nitrogen and oxygen atoms in total. The third kappa shape index (κ3) is 7.72. The van der Waals surface area contributed by atoms with E-state index in [0.717, 1.165) is 50.5 Å². The highest BCUT2D eigenvalue weighted by Gasteiger charge is 2.26. The molecule has 0 radical (unpaired) electrons. The Labute approximate surface area is 184 Å². The molecular formula is C21H36IN3OS. The SMILES string of the molecule is CCNC(=NCC(C)(C)c1ccccc1)NC1CCCC(S(=O)CC)C1.I. The molecule has 1 aliphatic carbocycles. The molecule has 1 fully saturated rings. The van der Waals surface area contributed by atoms with Crippen molar-refractivity contribution in [2.75, 3.05) is 18.8 Å². The third-order valence-corrected chi connectivity index (χ3v) is 6.90. The van der Waals surface area contributed by atoms with Gasteiger partial charge >= 0.3 is 0 Å². The summed E-state index contributed by atoms with van der Waals surface area (Å²) >= 11 is 0. The first kappa shape index (κ1) is 24.4. The Morgan fingerprint density at radius 2 is 1.93 bits per heavy atom. The maximum absolute atomic E-state index is 12.2. The lowest BCUT2D eigenvalue weighted by atomic mass is 9.85. The number of benzene rings is 1. The van der Waals surface area contributed by atoms with E-state index in [9.17, 15) is 4.21 Å². The van der Waals surface area contributed by atoms with E-state index in [2.05, 4.69) is 55.7 Å². The number of guanidine groups is 1. The molecule has 1 saturated carbocycles. The van der Waals surface area contributed by atoms with Crippen molar-refractivity contribution in [1.29, 1.82) is 0 Å². The van der Waals surface area contributed by atoms with Crippen molar-refractivity contribution in [2.24, 2.45) is 4.99 Å². The Bertz CT molecular complexity index is 607. The predicted octanol–water partition coefficient (Wildman–Crippen LogP) is 4.22. The molecule has 154 valence electrons. The first-order chi connectivity index (χ1) is 12.5. The number of nitrogens with one attached hydrogen (secondary N) is 2. The summed E-state index contributed by atoms with van der Waals surface area (Å²) in [5.41, 5.74) is 1.29. The van der Waals surface area contributed by atoms with E-state index in [1.807, 2.05) is 13.0 Å². The molecule has 2 rings (SSSR count). The van der Waals surface area contributed by atoms with Crippen LogP contribution in [0.5, 0.6) is 0 Å². The molecule has 0 heterocycles. The van der Waals surface area contributed by atoms with Crippen molar-refractivity contribution < 1.29 is 4.21 Å². The van der Waals surface area contributed by atoms with Crippen LogP contribution in [0.1, 0.15) is 58.9 Å². The van der Waals surface area contributed by atoms with Crippen LogP contribution in [-0.4, -0.2) is 40.3 Å². The van der Waals surface area contributed by atoms with E-state index in [1.54, 1.807) is 0 Å². The van der Waals surface area contributed by atoms with E-state index in [0.29, 0.717) is 11.3 Å². The van der Waals surface area contributed by atoms with Gasteiger partial charge in [0.2, 0.25) is 0 Å². The second kappa shape index (κ2) is 12.0. The van der Waals surface area contributed by atoms with Gasteiger partial charge in [0.05, 0.1) is 6.54 Å². The van der Waals surface area contributed by atoms with Gasteiger partial charge in [-0.2, -0.15) is 0 Å². The Kier molecular flexibility index (Phi) is 10.9. The van der Waals surface area contributed by atoms with Crippen molar-refractivity contribution in [3.05, 3.63) is 35.9 Å². The standard InChI is InChI=1S/C21H35N3OS.HI/c1-5-22-20(23-16-21(3,4)17-11-8-7-9-12-17)24-18-13-10-14-19(15-18)26(25)6-2;/h7-9,11-12,18-19H,5-6,10,13-16H2,1-4H3,(H2,22,23,24);1H. The van der Waals surface area contributed by atoms with Crippen LogP contribution in [0, 0.1) is 0 Å². The van der Waals surface area contributed by atoms with E-state index in [1.165, 1.54) is 5.56 Å². The maximum atomic E-state index is 12.2. The average molecular weight is 506 g/mol. The molecule has 3 atom stereocenters. The molecule has 1 aromatic carbocycles. The van der Waals surface area contributed by atoms with E-state index < -0.39 is 10.8 Å². The molecule has 3 unspecified atom stereocenters. The lowest BCUT2D eigenvalue weighted by Crippen LogP contribution is -2.47. The number of hydrogen-bond acceptors (Lipinski definition) is 2. The molecule has 0 amide bonds. The number of hydrogen-bond donors (Lipinski definition) is 2. The lowest BCUT2D eigenvalue weighted by Gasteiger charge is -2.30. The van der Waals surface area contributed by atoms with Crippen LogP contribution in [-0.2, 0) is 16.2 Å². The van der Waals surface area contributed by atoms with Crippen LogP contribution in [0.4, 0.5) is 0 Å². The number of aliphatic imine (C=N–C) groups is 1. The summed E-state index contributed by atoms with van der Waals surface area (Å²) in [6.45, 7) is 10.1. The van der Waals surface area contributed by atoms with Gasteiger partial charge in [-0.25, -0.2) is 0 Å². The summed E-state index contributed by atoms with van der Waals surface area (Å²) < 4.78 is 12.2. The molecule has 0 aliphatic heterocycles. The zero-order valence-electron chi connectivity index (χ0n) is 17.2. The van der Waals surface area contributed by atoms with Gasteiger partial charge in [0.15, 0.2) is 5.96 Å². The summed E-state index contributed by atoms with van der Waals surface area (Å²) in [5, 5.41) is 7.30. The minimum atomic E-state index is -0.696. The molecule has 0 saturated heterocycles. The highest BCUT2D eigenvalue weighted by Crippen LogP contribution is 2.24. The highest BCUT2D eigenvalue weighted by atomic mass is 127. The Hall–Kier alpha value is -0.630. The predicted molar refractivity (Wildman–Crippen MR) is 129 cm³/mol. The molecule has 2 N–H and O–H groups in total. The Morgan fingerprint density at radius 1 is 1.22 bits per heavy atom. The van der Waals surface area contributed by atoms with E-state index >= 15 is 0 Å². The second-order valence-electron chi connectivity index (χ2n) is 7.74. The van der Waals surface area contributed by atoms with Gasteiger partial charge in [-0.05, 0) is 31.7 Å². The molecule has 0 bridgehead atoms. The van der Waals surface area contributed by atoms with Crippen molar-refractivity contribution in [3.8, 4) is 0 Å². The first-order valence-electron chi connectivity index (χ1n) is 9.93. The summed E-state index contributed by atoms with van der Waals surface area (Å²) in [6, 6.07) is 10.9. The fourth-order valence-corrected chi connectivity index (χ4v) is 4.87. The van der Waals surface area contributed by atoms with Gasteiger partial charge in [-0.3, -0.25) is 9.20 Å². The van der Waals surface area contributed by atoms with E-state index in [-0.39, 0.29) is 29.4 Å². The molecule has 6 heteroatoms. The maximum Gasteiger partial charge on any atom is 0.191 e. The second-order valence-corrected chi connectivity index (χ2v) is 9.75. The first-order valence-corrected chi connectivity index (χ1v) is 11.3. The molecule has 1 aliphatic rings. The van der Waals surface area contributed by atoms with Crippen LogP contribution < -0.4 is 10.6 Å². The van der Waals surface area contributed by atoms with Crippen molar-refractivity contribution >= 4 is 40.7 Å². The molecule has 1 aromatic rings. The topological polar surface area (TPSA) is 53.5 Å². The van der Waals surface area contributed by atoms with Crippen molar-refractivity contribution in [2.45, 2.75) is 70.1 Å². The quantitative estimate of drug-likeness (QED) is 0.332. The smallest absolute Gasteiger partial charge is 0.191 e. The molecular weight excluding hydrogens is 469 g/mol. The van der Waals surface area contributed by atoms with E-state index in [4.69, 9.17) is 4.99 Å². The monoisotopic (exact) mass is 505 g/mol. The summed E-state index contributed by atoms with van der Waals surface area (Å²) in [7, 11) is -0.696. The largest absolute Gasteiger partial charge is 0.357 e. The molecule has 0 spiro atoms. The zero-order valence-corrected chi connectivity index (χ0v) is 20.3. The Morgan fingerprint density at radius 3 is 2.56 bits per heavy atom. The number of rotatable bonds is 7. The van der Waals surface area contributed by atoms with Gasteiger partial charge in [-0.15, -0.1) is 24.0 Å².